The van der Waals surface area contributed by atoms with Gasteiger partial charge in [-0.05, 0) is 116 Å². The standard InChI is InChI=1S/C39H28N6S2/c1-37(2)27-15-25-26-16-28-22(14-32(38(28,3)4)34-8-10-36(47-34)45-24(19-42)20-43)12-30(26)39(5,6)29(25)11-21(27)13-31(37)33-7-9-35(46-33)44-23(17-40)18-41/h7-16H,1-6H3. The van der Waals surface area contributed by atoms with Crippen molar-refractivity contribution in [2.24, 2.45) is 9.98 Å². The molecule has 0 atom stereocenters. The third-order valence-corrected chi connectivity index (χ3v) is 11.9. The van der Waals surface area contributed by atoms with Crippen molar-refractivity contribution in [3.05, 3.63) is 91.7 Å². The van der Waals surface area contributed by atoms with Crippen molar-refractivity contribution in [1.82, 2.24) is 0 Å². The molecule has 226 valence electrons. The summed E-state index contributed by atoms with van der Waals surface area (Å²) in [5.74, 6) is 0. The topological polar surface area (TPSA) is 120 Å². The van der Waals surface area contributed by atoms with Crippen molar-refractivity contribution in [3.8, 4) is 35.4 Å². The van der Waals surface area contributed by atoms with E-state index in [1.165, 1.54) is 78.3 Å². The van der Waals surface area contributed by atoms with Crippen LogP contribution in [-0.4, -0.2) is 11.4 Å². The number of hydrogen-bond acceptors (Lipinski definition) is 8. The molecule has 7 rings (SSSR count). The number of nitriles is 4. The summed E-state index contributed by atoms with van der Waals surface area (Å²) in [6.45, 7) is 13.6. The van der Waals surface area contributed by atoms with E-state index >= 15 is 0 Å². The second kappa shape index (κ2) is 10.3. The molecule has 0 radical (unpaired) electrons. The lowest BCUT2D eigenvalue weighted by atomic mass is 9.77. The largest absolute Gasteiger partial charge is 0.219 e. The molecule has 0 saturated heterocycles. The minimum Gasteiger partial charge on any atom is -0.216 e. The van der Waals surface area contributed by atoms with Crippen molar-refractivity contribution in [1.29, 1.82) is 21.0 Å². The van der Waals surface area contributed by atoms with E-state index in [1.807, 2.05) is 48.5 Å². The first-order valence-electron chi connectivity index (χ1n) is 15.1. The minimum atomic E-state index is -0.253. The first-order chi connectivity index (χ1) is 22.3. The minimum absolute atomic E-state index is 0.144. The Labute approximate surface area is 282 Å². The smallest absolute Gasteiger partial charge is 0.216 e. The van der Waals surface area contributed by atoms with Gasteiger partial charge in [0.2, 0.25) is 11.4 Å². The Kier molecular flexibility index (Phi) is 6.65. The van der Waals surface area contributed by atoms with Gasteiger partial charge in [-0.25, -0.2) is 9.98 Å². The third kappa shape index (κ3) is 4.45. The molecule has 8 heteroatoms. The lowest BCUT2D eigenvalue weighted by molar-refractivity contribution is 0.655. The molecule has 47 heavy (non-hydrogen) atoms. The summed E-state index contributed by atoms with van der Waals surface area (Å²) in [6.07, 6.45) is 4.58. The molecule has 2 aromatic carbocycles. The zero-order valence-corrected chi connectivity index (χ0v) is 28.4. The van der Waals surface area contributed by atoms with E-state index in [-0.39, 0.29) is 27.7 Å². The van der Waals surface area contributed by atoms with Crippen LogP contribution in [0.15, 0.2) is 58.5 Å². The Bertz CT molecular complexity index is 2180. The SMILES string of the molecule is CC1(C)C(c2ccc(N=C(C#N)C#N)s2)=Cc2cc3c(cc21)-c1cc2c(cc1C3(C)C)C=C(c1ccc(N=C(C#N)C#N)s1)C2(C)C. The number of rotatable bonds is 4. The van der Waals surface area contributed by atoms with Crippen LogP contribution in [0.2, 0.25) is 0 Å². The van der Waals surface area contributed by atoms with Crippen molar-refractivity contribution in [3.63, 3.8) is 0 Å². The first-order valence-corrected chi connectivity index (χ1v) is 16.8. The van der Waals surface area contributed by atoms with Crippen molar-refractivity contribution >= 4 is 67.4 Å². The number of aliphatic imine (C=N–C) groups is 2. The van der Waals surface area contributed by atoms with E-state index in [0.717, 1.165) is 9.75 Å². The van der Waals surface area contributed by atoms with Gasteiger partial charge in [0.1, 0.15) is 34.3 Å². The highest BCUT2D eigenvalue weighted by molar-refractivity contribution is 7.17. The molecule has 6 nitrogen and oxygen atoms in total. The third-order valence-electron chi connectivity index (χ3n) is 9.89. The van der Waals surface area contributed by atoms with E-state index in [0.29, 0.717) is 10.0 Å². The molecule has 3 aliphatic carbocycles. The molecular formula is C39H28N6S2. The molecule has 3 aliphatic rings. The van der Waals surface area contributed by atoms with Crippen LogP contribution < -0.4 is 0 Å². The van der Waals surface area contributed by atoms with Crippen LogP contribution in [0, 0.1) is 45.3 Å². The maximum absolute atomic E-state index is 9.15. The fourth-order valence-corrected chi connectivity index (χ4v) is 9.45. The fraction of sp³-hybridized carbons (Fsp3) is 0.231. The van der Waals surface area contributed by atoms with Gasteiger partial charge in [0.25, 0.3) is 0 Å². The van der Waals surface area contributed by atoms with Crippen molar-refractivity contribution in [2.75, 3.05) is 0 Å². The molecule has 4 aromatic rings. The van der Waals surface area contributed by atoms with Crippen LogP contribution in [0.1, 0.15) is 84.7 Å². The number of allylic oxidation sites excluding steroid dienone is 2. The van der Waals surface area contributed by atoms with Crippen LogP contribution >= 0.6 is 22.7 Å². The van der Waals surface area contributed by atoms with E-state index in [4.69, 9.17) is 21.0 Å². The quantitative estimate of drug-likeness (QED) is 0.205. The van der Waals surface area contributed by atoms with Crippen LogP contribution in [0.4, 0.5) is 10.0 Å². The summed E-state index contributed by atoms with van der Waals surface area (Å²) in [4.78, 5) is 10.6. The second-order valence-electron chi connectivity index (χ2n) is 13.6. The van der Waals surface area contributed by atoms with E-state index in [9.17, 15) is 0 Å². The molecule has 0 amide bonds. The number of nitrogens with zero attached hydrogens (tertiary/aromatic N) is 6. The lowest BCUT2D eigenvalue weighted by Gasteiger charge is -2.26. The maximum Gasteiger partial charge on any atom is 0.219 e. The molecule has 0 spiro atoms. The second-order valence-corrected chi connectivity index (χ2v) is 15.7. The van der Waals surface area contributed by atoms with E-state index in [1.54, 1.807) is 0 Å². The van der Waals surface area contributed by atoms with Gasteiger partial charge in [-0.3, -0.25) is 0 Å². The molecule has 0 N–H and O–H groups in total. The monoisotopic (exact) mass is 644 g/mol. The van der Waals surface area contributed by atoms with Crippen molar-refractivity contribution < 1.29 is 0 Å². The first kappa shape index (κ1) is 30.3. The zero-order chi connectivity index (χ0) is 33.5. The maximum atomic E-state index is 9.15. The van der Waals surface area contributed by atoms with Crippen LogP contribution in [-0.2, 0) is 16.2 Å². The highest BCUT2D eigenvalue weighted by Gasteiger charge is 2.43. The van der Waals surface area contributed by atoms with Gasteiger partial charge < -0.3 is 0 Å². The highest BCUT2D eigenvalue weighted by atomic mass is 32.1. The van der Waals surface area contributed by atoms with Gasteiger partial charge in [-0.1, -0.05) is 41.5 Å². The van der Waals surface area contributed by atoms with Gasteiger partial charge in [-0.2, -0.15) is 21.0 Å². The normalized spacial score (nSPS) is 16.6. The average molecular weight is 645 g/mol. The number of hydrogen-bond donors (Lipinski definition) is 0. The van der Waals surface area contributed by atoms with Crippen molar-refractivity contribution in [2.45, 2.75) is 57.8 Å². The van der Waals surface area contributed by atoms with Crippen LogP contribution in [0.25, 0.3) is 34.4 Å². The molecule has 0 bridgehead atoms. The number of benzene rings is 2. The Hall–Kier alpha value is -5.38. The highest BCUT2D eigenvalue weighted by Crippen LogP contribution is 2.58. The number of fused-ring (bicyclic) bond motifs is 5. The Morgan fingerprint density at radius 2 is 0.915 bits per heavy atom. The molecule has 0 saturated carbocycles. The molecule has 2 aromatic heterocycles. The lowest BCUT2D eigenvalue weighted by Crippen LogP contribution is -2.18. The summed E-state index contributed by atoms with van der Waals surface area (Å²) in [5, 5.41) is 37.9. The Balaban J connectivity index is 1.28. The van der Waals surface area contributed by atoms with Gasteiger partial charge in [-0.15, -0.1) is 22.7 Å². The predicted molar refractivity (Wildman–Crippen MR) is 191 cm³/mol. The molecular weight excluding hydrogens is 617 g/mol. The van der Waals surface area contributed by atoms with E-state index < -0.39 is 0 Å². The summed E-state index contributed by atoms with van der Waals surface area (Å²) in [6, 6.07) is 24.7. The van der Waals surface area contributed by atoms with Gasteiger partial charge in [0.05, 0.1) is 0 Å². The van der Waals surface area contributed by atoms with Crippen LogP contribution in [0.3, 0.4) is 0 Å². The molecule has 0 unspecified atom stereocenters. The molecule has 0 fully saturated rings. The predicted octanol–water partition coefficient (Wildman–Crippen LogP) is 10.0. The van der Waals surface area contributed by atoms with Gasteiger partial charge >= 0.3 is 0 Å². The molecule has 2 heterocycles. The number of thiophene rings is 2. The fourth-order valence-electron chi connectivity index (χ4n) is 7.33. The average Bonchev–Trinajstić information content (AvgIpc) is 3.84. The summed E-state index contributed by atoms with van der Waals surface area (Å²) in [7, 11) is 0. The summed E-state index contributed by atoms with van der Waals surface area (Å²) in [5.41, 5.74) is 11.6. The van der Waals surface area contributed by atoms with E-state index in [2.05, 4.69) is 87.9 Å². The zero-order valence-electron chi connectivity index (χ0n) is 26.8. The summed E-state index contributed by atoms with van der Waals surface area (Å²) < 4.78 is 0. The Morgan fingerprint density at radius 3 is 1.28 bits per heavy atom. The summed E-state index contributed by atoms with van der Waals surface area (Å²) >= 11 is 3.00. The Morgan fingerprint density at radius 1 is 0.532 bits per heavy atom. The van der Waals surface area contributed by atoms with Crippen LogP contribution in [0.5, 0.6) is 0 Å². The van der Waals surface area contributed by atoms with Gasteiger partial charge in [0, 0.05) is 26.0 Å². The molecule has 0 aliphatic heterocycles. The van der Waals surface area contributed by atoms with Gasteiger partial charge in [0.15, 0.2) is 0 Å².